The Hall–Kier alpha value is -2.33. The summed E-state index contributed by atoms with van der Waals surface area (Å²) in [4.78, 5) is 14.0. The van der Waals surface area contributed by atoms with Gasteiger partial charge in [0.1, 0.15) is 0 Å². The first-order chi connectivity index (χ1) is 11.1. The summed E-state index contributed by atoms with van der Waals surface area (Å²) in [6.07, 6.45) is 2.20. The minimum Gasteiger partial charge on any atom is -0.341 e. The lowest BCUT2D eigenvalue weighted by Gasteiger charge is -2.17. The fraction of sp³-hybridized carbons (Fsp3) is 0.222. The van der Waals surface area contributed by atoms with Crippen molar-refractivity contribution in [3.63, 3.8) is 0 Å². The number of rotatable bonds is 5. The Balaban J connectivity index is 1.61. The number of halogens is 1. The van der Waals surface area contributed by atoms with Gasteiger partial charge in [0.25, 0.3) is 0 Å². The normalized spacial score (nSPS) is 10.9. The van der Waals surface area contributed by atoms with Crippen LogP contribution in [0.5, 0.6) is 0 Å². The maximum atomic E-state index is 12.3. The average molecular weight is 328 g/mol. The first-order valence-corrected chi connectivity index (χ1v) is 7.90. The van der Waals surface area contributed by atoms with Gasteiger partial charge in [-0.05, 0) is 23.8 Å². The molecule has 0 bridgehead atoms. The highest BCUT2D eigenvalue weighted by atomic mass is 35.5. The van der Waals surface area contributed by atoms with E-state index in [1.807, 2.05) is 60.3 Å². The van der Waals surface area contributed by atoms with Gasteiger partial charge in [0.05, 0.1) is 18.3 Å². The molecule has 0 saturated carbocycles. The van der Waals surface area contributed by atoms with Crippen LogP contribution < -0.4 is 0 Å². The van der Waals surface area contributed by atoms with E-state index in [4.69, 9.17) is 11.6 Å². The molecule has 1 amide bonds. The van der Waals surface area contributed by atoms with E-state index in [9.17, 15) is 4.79 Å². The van der Waals surface area contributed by atoms with Crippen molar-refractivity contribution in [2.45, 2.75) is 19.5 Å². The molecule has 0 atom stereocenters. The smallest absolute Gasteiger partial charge is 0.224 e. The van der Waals surface area contributed by atoms with Gasteiger partial charge in [-0.3, -0.25) is 9.48 Å². The van der Waals surface area contributed by atoms with Crippen LogP contribution in [-0.2, 0) is 17.9 Å². The second kappa shape index (κ2) is 6.84. The summed E-state index contributed by atoms with van der Waals surface area (Å²) in [6.45, 7) is 1.18. The summed E-state index contributed by atoms with van der Waals surface area (Å²) in [6, 6.07) is 15.6. The molecule has 23 heavy (non-hydrogen) atoms. The molecule has 0 N–H and O–H groups in total. The summed E-state index contributed by atoms with van der Waals surface area (Å²) in [5.41, 5.74) is 2.12. The number of carbonyl (C=O) groups is 1. The molecule has 118 valence electrons. The molecule has 1 heterocycles. The van der Waals surface area contributed by atoms with Crippen LogP contribution in [-0.4, -0.2) is 27.6 Å². The lowest BCUT2D eigenvalue weighted by molar-refractivity contribution is -0.130. The van der Waals surface area contributed by atoms with Crippen LogP contribution in [0.2, 0.25) is 5.02 Å². The van der Waals surface area contributed by atoms with Crippen molar-refractivity contribution in [2.75, 3.05) is 7.05 Å². The van der Waals surface area contributed by atoms with Crippen LogP contribution in [0.3, 0.4) is 0 Å². The third-order valence-corrected chi connectivity index (χ3v) is 4.06. The molecular formula is C18H18ClN3O. The molecule has 0 saturated heterocycles. The maximum absolute atomic E-state index is 12.3. The van der Waals surface area contributed by atoms with Crippen molar-refractivity contribution >= 4 is 28.4 Å². The zero-order valence-electron chi connectivity index (χ0n) is 12.9. The van der Waals surface area contributed by atoms with E-state index in [0.717, 1.165) is 16.5 Å². The minimum absolute atomic E-state index is 0.103. The van der Waals surface area contributed by atoms with Gasteiger partial charge in [-0.1, -0.05) is 41.9 Å². The van der Waals surface area contributed by atoms with Gasteiger partial charge >= 0.3 is 0 Å². The fourth-order valence-electron chi connectivity index (χ4n) is 2.57. The Labute approximate surface area is 140 Å². The Kier molecular flexibility index (Phi) is 4.63. The molecule has 5 heteroatoms. The molecule has 0 fully saturated rings. The number of hydrogen-bond donors (Lipinski definition) is 0. The van der Waals surface area contributed by atoms with E-state index in [2.05, 4.69) is 5.10 Å². The van der Waals surface area contributed by atoms with Crippen molar-refractivity contribution in [1.29, 1.82) is 0 Å². The standard InChI is InChI=1S/C18H18ClN3O/c1-21(13-14-5-3-2-4-6-14)18(23)9-10-22-17-8-7-16(19)11-15(17)12-20-22/h2-8,11-12H,9-10,13H2,1H3. The number of carbonyl (C=O) groups excluding carboxylic acids is 1. The number of aryl methyl sites for hydroxylation is 1. The van der Waals surface area contributed by atoms with E-state index < -0.39 is 0 Å². The summed E-state index contributed by atoms with van der Waals surface area (Å²) >= 11 is 5.98. The second-order valence-corrected chi connectivity index (χ2v) is 5.99. The number of fused-ring (bicyclic) bond motifs is 1. The van der Waals surface area contributed by atoms with E-state index in [-0.39, 0.29) is 5.91 Å². The number of hydrogen-bond acceptors (Lipinski definition) is 2. The fourth-order valence-corrected chi connectivity index (χ4v) is 2.75. The molecule has 0 unspecified atom stereocenters. The zero-order valence-corrected chi connectivity index (χ0v) is 13.7. The van der Waals surface area contributed by atoms with E-state index in [1.54, 1.807) is 11.1 Å². The van der Waals surface area contributed by atoms with E-state index in [0.29, 0.717) is 24.5 Å². The molecule has 3 aromatic rings. The highest BCUT2D eigenvalue weighted by Crippen LogP contribution is 2.19. The highest BCUT2D eigenvalue weighted by Gasteiger charge is 2.11. The summed E-state index contributed by atoms with van der Waals surface area (Å²) in [5.74, 6) is 0.103. The second-order valence-electron chi connectivity index (χ2n) is 5.56. The Bertz CT molecular complexity index is 814. The first-order valence-electron chi connectivity index (χ1n) is 7.52. The van der Waals surface area contributed by atoms with Crippen molar-refractivity contribution in [3.8, 4) is 0 Å². The quantitative estimate of drug-likeness (QED) is 0.716. The van der Waals surface area contributed by atoms with Gasteiger partial charge in [-0.2, -0.15) is 5.10 Å². The lowest BCUT2D eigenvalue weighted by Crippen LogP contribution is -2.27. The Morgan fingerprint density at radius 3 is 2.78 bits per heavy atom. The summed E-state index contributed by atoms with van der Waals surface area (Å²) < 4.78 is 1.85. The van der Waals surface area contributed by atoms with Crippen molar-refractivity contribution in [1.82, 2.24) is 14.7 Å². The molecule has 0 aliphatic carbocycles. The SMILES string of the molecule is CN(Cc1ccccc1)C(=O)CCn1ncc2cc(Cl)ccc21. The summed E-state index contributed by atoms with van der Waals surface area (Å²) in [7, 11) is 1.83. The van der Waals surface area contributed by atoms with Gasteiger partial charge in [-0.15, -0.1) is 0 Å². The predicted molar refractivity (Wildman–Crippen MR) is 92.3 cm³/mol. The largest absolute Gasteiger partial charge is 0.341 e. The van der Waals surface area contributed by atoms with Crippen molar-refractivity contribution in [3.05, 3.63) is 65.3 Å². The van der Waals surface area contributed by atoms with Gasteiger partial charge in [0.15, 0.2) is 0 Å². The molecule has 0 spiro atoms. The molecule has 4 nitrogen and oxygen atoms in total. The van der Waals surface area contributed by atoms with E-state index in [1.165, 1.54) is 0 Å². The number of aromatic nitrogens is 2. The van der Waals surface area contributed by atoms with Crippen molar-refractivity contribution < 1.29 is 4.79 Å². The topological polar surface area (TPSA) is 38.1 Å². The van der Waals surface area contributed by atoms with Crippen molar-refractivity contribution in [2.24, 2.45) is 0 Å². The van der Waals surface area contributed by atoms with Crippen LogP contribution in [0.4, 0.5) is 0 Å². The molecule has 1 aromatic heterocycles. The monoisotopic (exact) mass is 327 g/mol. The molecule has 0 aliphatic rings. The Morgan fingerprint density at radius 2 is 2.00 bits per heavy atom. The molecule has 0 radical (unpaired) electrons. The van der Waals surface area contributed by atoms with Gasteiger partial charge in [0, 0.05) is 30.4 Å². The van der Waals surface area contributed by atoms with Gasteiger partial charge < -0.3 is 4.90 Å². The van der Waals surface area contributed by atoms with Crippen LogP contribution in [0.15, 0.2) is 54.7 Å². The van der Waals surface area contributed by atoms with Crippen LogP contribution >= 0.6 is 11.6 Å². The van der Waals surface area contributed by atoms with Gasteiger partial charge in [0.2, 0.25) is 5.91 Å². The van der Waals surface area contributed by atoms with Gasteiger partial charge in [-0.25, -0.2) is 0 Å². The first kappa shape index (κ1) is 15.6. The maximum Gasteiger partial charge on any atom is 0.224 e. The average Bonchev–Trinajstić information content (AvgIpc) is 2.95. The third kappa shape index (κ3) is 3.71. The zero-order chi connectivity index (χ0) is 16.2. The lowest BCUT2D eigenvalue weighted by atomic mass is 10.2. The molecular weight excluding hydrogens is 310 g/mol. The van der Waals surface area contributed by atoms with Crippen LogP contribution in [0.1, 0.15) is 12.0 Å². The third-order valence-electron chi connectivity index (χ3n) is 3.83. The number of amides is 1. The number of benzene rings is 2. The number of nitrogens with zero attached hydrogens (tertiary/aromatic N) is 3. The minimum atomic E-state index is 0.103. The molecule has 2 aromatic carbocycles. The highest BCUT2D eigenvalue weighted by molar-refractivity contribution is 6.31. The molecule has 0 aliphatic heterocycles. The Morgan fingerprint density at radius 1 is 1.22 bits per heavy atom. The van der Waals surface area contributed by atoms with E-state index >= 15 is 0 Å². The summed E-state index contributed by atoms with van der Waals surface area (Å²) in [5, 5.41) is 6.02. The van der Waals surface area contributed by atoms with Crippen LogP contribution in [0, 0.1) is 0 Å². The molecule has 3 rings (SSSR count). The predicted octanol–water partition coefficient (Wildman–Crippen LogP) is 3.74. The van der Waals surface area contributed by atoms with Crippen LogP contribution in [0.25, 0.3) is 10.9 Å².